The molecule has 0 saturated carbocycles. The summed E-state index contributed by atoms with van der Waals surface area (Å²) in [6, 6.07) is 15.2. The van der Waals surface area contributed by atoms with Gasteiger partial charge in [0.1, 0.15) is 5.76 Å². The summed E-state index contributed by atoms with van der Waals surface area (Å²) in [5.41, 5.74) is 3.21. The van der Waals surface area contributed by atoms with Gasteiger partial charge >= 0.3 is 0 Å². The molecule has 0 radical (unpaired) electrons. The average Bonchev–Trinajstić information content (AvgIpc) is 3.06. The molecule has 0 atom stereocenters. The molecule has 0 fully saturated rings. The van der Waals surface area contributed by atoms with Crippen molar-refractivity contribution in [3.8, 4) is 11.3 Å². The van der Waals surface area contributed by atoms with Crippen LogP contribution < -0.4 is 5.32 Å². The molecule has 0 aliphatic carbocycles. The lowest BCUT2D eigenvalue weighted by molar-refractivity contribution is -0.384. The largest absolute Gasteiger partial charge is 0.451 e. The molecule has 0 spiro atoms. The number of non-ortho nitro benzene ring substituents is 1. The van der Waals surface area contributed by atoms with Crippen LogP contribution in [0.1, 0.15) is 21.7 Å². The van der Waals surface area contributed by atoms with Gasteiger partial charge in [-0.15, -0.1) is 0 Å². The normalized spacial score (nSPS) is 10.5. The molecule has 1 heterocycles. The van der Waals surface area contributed by atoms with E-state index in [-0.39, 0.29) is 17.4 Å². The fraction of sp³-hybridized carbons (Fsp3) is 0.105. The number of nitro benzene ring substituents is 1. The molecular formula is C19H16N2O4. The number of hydrogen-bond acceptors (Lipinski definition) is 4. The molecule has 3 aromatic rings. The van der Waals surface area contributed by atoms with Gasteiger partial charge in [0.15, 0.2) is 5.76 Å². The van der Waals surface area contributed by atoms with Crippen molar-refractivity contribution in [2.45, 2.75) is 13.8 Å². The highest BCUT2D eigenvalue weighted by molar-refractivity contribution is 6.02. The molecule has 0 saturated heterocycles. The average molecular weight is 336 g/mol. The highest BCUT2D eigenvalue weighted by Gasteiger charge is 2.15. The molecule has 1 aromatic heterocycles. The van der Waals surface area contributed by atoms with Gasteiger partial charge in [-0.05, 0) is 49.7 Å². The minimum absolute atomic E-state index is 0.0187. The second-order valence-electron chi connectivity index (χ2n) is 5.74. The minimum atomic E-state index is -0.445. The Morgan fingerprint density at radius 1 is 1.04 bits per heavy atom. The van der Waals surface area contributed by atoms with Crippen LogP contribution in [0.5, 0.6) is 0 Å². The van der Waals surface area contributed by atoms with Crippen LogP contribution in [0.25, 0.3) is 11.3 Å². The SMILES string of the molecule is Cc1ccc(NC(=O)c2ccc(-c3ccc([N+](=O)[O-])cc3C)o2)cc1. The number of nitrogens with one attached hydrogen (secondary N) is 1. The fourth-order valence-electron chi connectivity index (χ4n) is 2.47. The summed E-state index contributed by atoms with van der Waals surface area (Å²) in [6.45, 7) is 3.73. The van der Waals surface area contributed by atoms with Gasteiger partial charge in [-0.2, -0.15) is 0 Å². The zero-order valence-corrected chi connectivity index (χ0v) is 13.8. The van der Waals surface area contributed by atoms with Crippen LogP contribution in [0.15, 0.2) is 59.0 Å². The van der Waals surface area contributed by atoms with E-state index in [2.05, 4.69) is 5.32 Å². The van der Waals surface area contributed by atoms with Crippen LogP contribution in [0, 0.1) is 24.0 Å². The first-order chi connectivity index (χ1) is 11.9. The monoisotopic (exact) mass is 336 g/mol. The van der Waals surface area contributed by atoms with Gasteiger partial charge in [-0.1, -0.05) is 17.7 Å². The van der Waals surface area contributed by atoms with Crippen molar-refractivity contribution in [1.29, 1.82) is 0 Å². The number of amides is 1. The summed E-state index contributed by atoms with van der Waals surface area (Å²) < 4.78 is 5.63. The molecule has 6 nitrogen and oxygen atoms in total. The first-order valence-electron chi connectivity index (χ1n) is 7.67. The first-order valence-corrected chi connectivity index (χ1v) is 7.67. The third-order valence-electron chi connectivity index (χ3n) is 3.83. The quantitative estimate of drug-likeness (QED) is 0.551. The molecule has 3 rings (SSSR count). The van der Waals surface area contributed by atoms with Gasteiger partial charge in [0, 0.05) is 23.4 Å². The van der Waals surface area contributed by atoms with Gasteiger partial charge in [0.05, 0.1) is 4.92 Å². The minimum Gasteiger partial charge on any atom is -0.451 e. The number of furan rings is 1. The maximum atomic E-state index is 12.3. The Hall–Kier alpha value is -3.41. The molecule has 1 N–H and O–H groups in total. The second kappa shape index (κ2) is 6.60. The second-order valence-corrected chi connectivity index (χ2v) is 5.74. The third kappa shape index (κ3) is 3.58. The van der Waals surface area contributed by atoms with Crippen LogP contribution in [0.4, 0.5) is 11.4 Å². The number of aryl methyl sites for hydroxylation is 2. The van der Waals surface area contributed by atoms with E-state index in [1.54, 1.807) is 25.1 Å². The number of carbonyl (C=O) groups is 1. The lowest BCUT2D eigenvalue weighted by Crippen LogP contribution is -2.10. The maximum absolute atomic E-state index is 12.3. The van der Waals surface area contributed by atoms with E-state index in [4.69, 9.17) is 4.42 Å². The molecule has 1 amide bonds. The van der Waals surface area contributed by atoms with E-state index in [0.29, 0.717) is 22.6 Å². The molecule has 0 aliphatic rings. The van der Waals surface area contributed by atoms with Gasteiger partial charge in [0.2, 0.25) is 0 Å². The standard InChI is InChI=1S/C19H16N2O4/c1-12-3-5-14(6-4-12)20-19(22)18-10-9-17(25-18)16-8-7-15(21(23)24)11-13(16)2/h3-11H,1-2H3,(H,20,22). The number of hydrogen-bond donors (Lipinski definition) is 1. The Balaban J connectivity index is 1.81. The van der Waals surface area contributed by atoms with Crippen molar-refractivity contribution in [2.24, 2.45) is 0 Å². The number of benzene rings is 2. The number of nitrogens with zero attached hydrogens (tertiary/aromatic N) is 1. The Kier molecular flexibility index (Phi) is 4.35. The van der Waals surface area contributed by atoms with Crippen LogP contribution in [-0.2, 0) is 0 Å². The maximum Gasteiger partial charge on any atom is 0.291 e. The zero-order chi connectivity index (χ0) is 18.0. The lowest BCUT2D eigenvalue weighted by atomic mass is 10.1. The smallest absolute Gasteiger partial charge is 0.291 e. The Bertz CT molecular complexity index is 942. The number of rotatable bonds is 4. The van der Waals surface area contributed by atoms with Crippen molar-refractivity contribution >= 4 is 17.3 Å². The van der Waals surface area contributed by atoms with Crippen LogP contribution in [0.3, 0.4) is 0 Å². The predicted molar refractivity (Wildman–Crippen MR) is 94.7 cm³/mol. The Labute approximate surface area is 144 Å². The summed E-state index contributed by atoms with van der Waals surface area (Å²) in [7, 11) is 0. The van der Waals surface area contributed by atoms with Gasteiger partial charge in [0.25, 0.3) is 11.6 Å². The van der Waals surface area contributed by atoms with E-state index in [1.807, 2.05) is 31.2 Å². The van der Waals surface area contributed by atoms with E-state index in [9.17, 15) is 14.9 Å². The van der Waals surface area contributed by atoms with Crippen LogP contribution in [0.2, 0.25) is 0 Å². The number of anilines is 1. The van der Waals surface area contributed by atoms with Crippen molar-refractivity contribution in [3.63, 3.8) is 0 Å². The molecule has 0 aliphatic heterocycles. The van der Waals surface area contributed by atoms with E-state index >= 15 is 0 Å². The molecule has 126 valence electrons. The highest BCUT2D eigenvalue weighted by Crippen LogP contribution is 2.28. The Morgan fingerprint density at radius 3 is 2.40 bits per heavy atom. The molecule has 0 bridgehead atoms. The summed E-state index contributed by atoms with van der Waals surface area (Å²) >= 11 is 0. The molecule has 0 unspecified atom stereocenters. The molecule has 6 heteroatoms. The van der Waals surface area contributed by atoms with E-state index < -0.39 is 4.92 Å². The van der Waals surface area contributed by atoms with Crippen molar-refractivity contribution in [1.82, 2.24) is 0 Å². The van der Waals surface area contributed by atoms with Crippen molar-refractivity contribution in [3.05, 3.63) is 81.6 Å². The summed E-state index contributed by atoms with van der Waals surface area (Å²) in [6.07, 6.45) is 0. The predicted octanol–water partition coefficient (Wildman–Crippen LogP) is 4.72. The summed E-state index contributed by atoms with van der Waals surface area (Å²) in [5, 5.41) is 13.6. The lowest BCUT2D eigenvalue weighted by Gasteiger charge is -2.04. The van der Waals surface area contributed by atoms with Gasteiger partial charge in [-0.3, -0.25) is 14.9 Å². The molecule has 2 aromatic carbocycles. The third-order valence-corrected chi connectivity index (χ3v) is 3.83. The highest BCUT2D eigenvalue weighted by atomic mass is 16.6. The van der Waals surface area contributed by atoms with Crippen molar-refractivity contribution in [2.75, 3.05) is 5.32 Å². The number of nitro groups is 1. The van der Waals surface area contributed by atoms with Gasteiger partial charge < -0.3 is 9.73 Å². The summed E-state index contributed by atoms with van der Waals surface area (Å²) in [5.74, 6) is 0.310. The molecule has 25 heavy (non-hydrogen) atoms. The molecular weight excluding hydrogens is 320 g/mol. The fourth-order valence-corrected chi connectivity index (χ4v) is 2.47. The van der Waals surface area contributed by atoms with Crippen molar-refractivity contribution < 1.29 is 14.1 Å². The zero-order valence-electron chi connectivity index (χ0n) is 13.8. The van der Waals surface area contributed by atoms with E-state index in [1.165, 1.54) is 12.1 Å². The summed E-state index contributed by atoms with van der Waals surface area (Å²) in [4.78, 5) is 22.7. The van der Waals surface area contributed by atoms with Crippen LogP contribution in [-0.4, -0.2) is 10.8 Å². The van der Waals surface area contributed by atoms with Crippen LogP contribution >= 0.6 is 0 Å². The topological polar surface area (TPSA) is 85.4 Å². The Morgan fingerprint density at radius 2 is 1.76 bits per heavy atom. The van der Waals surface area contributed by atoms with E-state index in [0.717, 1.165) is 5.56 Å². The number of carbonyl (C=O) groups excluding carboxylic acids is 1. The van der Waals surface area contributed by atoms with Gasteiger partial charge in [-0.25, -0.2) is 0 Å². The first kappa shape index (κ1) is 16.4.